The molecule has 2 heterocycles. The first-order valence-corrected chi connectivity index (χ1v) is 9.15. The fourth-order valence-electron chi connectivity index (χ4n) is 3.03. The molecule has 152 valence electrons. The number of anilines is 3. The van der Waals surface area contributed by atoms with Gasteiger partial charge in [0.1, 0.15) is 12.2 Å². The number of benzene rings is 1. The highest BCUT2D eigenvalue weighted by Gasteiger charge is 2.32. The summed E-state index contributed by atoms with van der Waals surface area (Å²) < 4.78 is 38.3. The van der Waals surface area contributed by atoms with Crippen LogP contribution in [0.25, 0.3) is 0 Å². The van der Waals surface area contributed by atoms with E-state index in [1.807, 2.05) is 17.0 Å². The molecule has 29 heavy (non-hydrogen) atoms. The lowest BCUT2D eigenvalue weighted by atomic mass is 10.2. The van der Waals surface area contributed by atoms with Crippen molar-refractivity contribution >= 4 is 34.7 Å². The van der Waals surface area contributed by atoms with E-state index in [0.29, 0.717) is 37.7 Å². The van der Waals surface area contributed by atoms with Gasteiger partial charge >= 0.3 is 6.18 Å². The highest BCUT2D eigenvalue weighted by molar-refractivity contribution is 6.33. The van der Waals surface area contributed by atoms with Crippen LogP contribution in [0.15, 0.2) is 36.5 Å². The Balaban J connectivity index is 1.61. The van der Waals surface area contributed by atoms with Gasteiger partial charge in [-0.05, 0) is 30.3 Å². The van der Waals surface area contributed by atoms with Crippen LogP contribution >= 0.6 is 11.6 Å². The van der Waals surface area contributed by atoms with Gasteiger partial charge in [0.25, 0.3) is 0 Å². The number of hydrogen-bond donors (Lipinski definition) is 1. The molecular weight excluding hydrogens is 407 g/mol. The Morgan fingerprint density at radius 2 is 1.79 bits per heavy atom. The Hall–Kier alpha value is -2.99. The number of nitrogens with zero attached hydrogens (tertiary/aromatic N) is 4. The summed E-state index contributed by atoms with van der Waals surface area (Å²) in [6.45, 7) is 2.38. The summed E-state index contributed by atoms with van der Waals surface area (Å²) in [5.41, 5.74) is 0.689. The predicted molar refractivity (Wildman–Crippen MR) is 104 cm³/mol. The van der Waals surface area contributed by atoms with E-state index in [-0.39, 0.29) is 17.4 Å². The second-order valence-electron chi connectivity index (χ2n) is 6.43. The number of aromatic nitrogens is 1. The monoisotopic (exact) mass is 423 g/mol. The second-order valence-corrected chi connectivity index (χ2v) is 6.84. The van der Waals surface area contributed by atoms with E-state index in [1.165, 1.54) is 0 Å². The number of piperazine rings is 1. The molecule has 2 aromatic rings. The molecule has 3 rings (SSSR count). The van der Waals surface area contributed by atoms with Crippen LogP contribution in [0.4, 0.5) is 30.4 Å². The summed E-state index contributed by atoms with van der Waals surface area (Å²) in [6, 6.07) is 9.92. The molecular formula is C19H17ClF3N5O. The largest absolute Gasteiger partial charge is 0.417 e. The number of pyridine rings is 1. The van der Waals surface area contributed by atoms with Gasteiger partial charge in [0.2, 0.25) is 5.91 Å². The number of carbonyl (C=O) groups is 1. The standard InChI is InChI=1S/C19H17ClF3N5O/c20-16-11-13(19(21,22)23)12-25-18(16)28-9-7-27(8-10-28)15-3-1-14(2-4-15)26-17(29)5-6-24/h1-4,11-12H,5,7-10H2,(H,26,29). The van der Waals surface area contributed by atoms with Crippen molar-refractivity contribution < 1.29 is 18.0 Å². The van der Waals surface area contributed by atoms with Gasteiger partial charge in [0.15, 0.2) is 0 Å². The van der Waals surface area contributed by atoms with Crippen molar-refractivity contribution in [1.82, 2.24) is 4.98 Å². The molecule has 0 atom stereocenters. The third-order valence-electron chi connectivity index (χ3n) is 4.48. The van der Waals surface area contributed by atoms with Crippen LogP contribution in [0.5, 0.6) is 0 Å². The number of nitriles is 1. The van der Waals surface area contributed by atoms with E-state index < -0.39 is 11.7 Å². The molecule has 0 aliphatic carbocycles. The molecule has 1 aromatic heterocycles. The molecule has 0 saturated carbocycles. The van der Waals surface area contributed by atoms with E-state index in [0.717, 1.165) is 18.0 Å². The molecule has 1 amide bonds. The Kier molecular flexibility index (Phi) is 6.13. The quantitative estimate of drug-likeness (QED) is 0.806. The Bertz CT molecular complexity index is 919. The first-order valence-electron chi connectivity index (χ1n) is 8.77. The molecule has 1 fully saturated rings. The van der Waals surface area contributed by atoms with Gasteiger partial charge in [-0.25, -0.2) is 4.98 Å². The van der Waals surface area contributed by atoms with Crippen molar-refractivity contribution in [2.24, 2.45) is 0 Å². The Labute approximate surface area is 170 Å². The first-order chi connectivity index (χ1) is 13.8. The predicted octanol–water partition coefficient (Wildman–Crippen LogP) is 3.93. The van der Waals surface area contributed by atoms with Crippen LogP contribution in [0.2, 0.25) is 5.02 Å². The molecule has 0 radical (unpaired) electrons. The lowest BCUT2D eigenvalue weighted by molar-refractivity contribution is -0.137. The van der Waals surface area contributed by atoms with Crippen molar-refractivity contribution in [2.75, 3.05) is 41.3 Å². The number of halogens is 4. The van der Waals surface area contributed by atoms with E-state index in [1.54, 1.807) is 18.2 Å². The Morgan fingerprint density at radius 1 is 1.17 bits per heavy atom. The van der Waals surface area contributed by atoms with Gasteiger partial charge in [-0.2, -0.15) is 18.4 Å². The summed E-state index contributed by atoms with van der Waals surface area (Å²) in [7, 11) is 0. The number of rotatable bonds is 4. The van der Waals surface area contributed by atoms with Crippen LogP contribution in [0.3, 0.4) is 0 Å². The molecule has 1 saturated heterocycles. The van der Waals surface area contributed by atoms with Gasteiger partial charge in [0.05, 0.1) is 16.7 Å². The van der Waals surface area contributed by atoms with E-state index in [9.17, 15) is 18.0 Å². The highest BCUT2D eigenvalue weighted by Crippen LogP contribution is 2.34. The average molecular weight is 424 g/mol. The molecule has 0 bridgehead atoms. The summed E-state index contributed by atoms with van der Waals surface area (Å²) in [6.07, 6.45) is -3.88. The van der Waals surface area contributed by atoms with Crippen LogP contribution < -0.4 is 15.1 Å². The van der Waals surface area contributed by atoms with Crippen molar-refractivity contribution in [2.45, 2.75) is 12.6 Å². The second kappa shape index (κ2) is 8.57. The third kappa shape index (κ3) is 5.09. The normalized spacial score (nSPS) is 14.4. The zero-order valence-electron chi connectivity index (χ0n) is 15.2. The van der Waals surface area contributed by atoms with Gasteiger partial charge in [-0.15, -0.1) is 0 Å². The molecule has 0 unspecified atom stereocenters. The van der Waals surface area contributed by atoms with Gasteiger partial charge in [0, 0.05) is 43.8 Å². The fraction of sp³-hybridized carbons (Fsp3) is 0.316. The van der Waals surface area contributed by atoms with Crippen molar-refractivity contribution in [3.8, 4) is 6.07 Å². The van der Waals surface area contributed by atoms with E-state index >= 15 is 0 Å². The van der Waals surface area contributed by atoms with E-state index in [2.05, 4.69) is 15.2 Å². The highest BCUT2D eigenvalue weighted by atomic mass is 35.5. The minimum absolute atomic E-state index is 0.0225. The van der Waals surface area contributed by atoms with Crippen molar-refractivity contribution in [3.63, 3.8) is 0 Å². The molecule has 1 N–H and O–H groups in total. The molecule has 1 aliphatic rings. The summed E-state index contributed by atoms with van der Waals surface area (Å²) in [4.78, 5) is 19.3. The SMILES string of the molecule is N#CCC(=O)Nc1ccc(N2CCN(c3ncc(C(F)(F)F)cc3Cl)CC2)cc1. The van der Waals surface area contributed by atoms with Gasteiger partial charge in [-0.3, -0.25) is 4.79 Å². The zero-order valence-corrected chi connectivity index (χ0v) is 16.0. The summed E-state index contributed by atoms with van der Waals surface area (Å²) in [5, 5.41) is 11.1. The number of nitrogens with one attached hydrogen (secondary N) is 1. The fourth-order valence-corrected chi connectivity index (χ4v) is 3.31. The van der Waals surface area contributed by atoms with Gasteiger partial charge in [-0.1, -0.05) is 11.6 Å². The molecule has 6 nitrogen and oxygen atoms in total. The third-order valence-corrected chi connectivity index (χ3v) is 4.76. The molecule has 1 aliphatic heterocycles. The summed E-state index contributed by atoms with van der Waals surface area (Å²) in [5.74, 6) is -0.0235. The van der Waals surface area contributed by atoms with Crippen molar-refractivity contribution in [3.05, 3.63) is 47.1 Å². The smallest absolute Gasteiger partial charge is 0.368 e. The number of alkyl halides is 3. The maximum absolute atomic E-state index is 12.8. The van der Waals surface area contributed by atoms with Crippen molar-refractivity contribution in [1.29, 1.82) is 5.26 Å². The maximum Gasteiger partial charge on any atom is 0.417 e. The number of amides is 1. The topological polar surface area (TPSA) is 72.3 Å². The van der Waals surface area contributed by atoms with Gasteiger partial charge < -0.3 is 15.1 Å². The maximum atomic E-state index is 12.8. The van der Waals surface area contributed by atoms with Crippen LogP contribution in [-0.4, -0.2) is 37.1 Å². The van der Waals surface area contributed by atoms with Crippen LogP contribution in [-0.2, 0) is 11.0 Å². The molecule has 10 heteroatoms. The first kappa shape index (κ1) is 20.7. The Morgan fingerprint density at radius 3 is 2.34 bits per heavy atom. The minimum Gasteiger partial charge on any atom is -0.368 e. The number of carbonyl (C=O) groups excluding carboxylic acids is 1. The molecule has 1 aromatic carbocycles. The van der Waals surface area contributed by atoms with E-state index in [4.69, 9.17) is 16.9 Å². The van der Waals surface area contributed by atoms with Crippen LogP contribution in [0.1, 0.15) is 12.0 Å². The number of hydrogen-bond acceptors (Lipinski definition) is 5. The lowest BCUT2D eigenvalue weighted by Crippen LogP contribution is -2.47. The lowest BCUT2D eigenvalue weighted by Gasteiger charge is -2.37. The molecule has 0 spiro atoms. The summed E-state index contributed by atoms with van der Waals surface area (Å²) >= 11 is 6.03. The minimum atomic E-state index is -4.48. The zero-order chi connectivity index (χ0) is 21.0. The average Bonchev–Trinajstić information content (AvgIpc) is 2.68. The van der Waals surface area contributed by atoms with Crippen LogP contribution in [0, 0.1) is 11.3 Å².